The molecule has 1 aliphatic heterocycles. The molecule has 0 bridgehead atoms. The number of rotatable bonds is 6. The minimum absolute atomic E-state index is 0.0165. The van der Waals surface area contributed by atoms with Crippen molar-refractivity contribution in [3.63, 3.8) is 0 Å². The number of carboxylic acids is 1. The molecule has 9 heteroatoms. The van der Waals surface area contributed by atoms with E-state index in [9.17, 15) is 9.90 Å². The number of methoxy groups -OCH3 is 1. The van der Waals surface area contributed by atoms with E-state index in [1.165, 1.54) is 0 Å². The number of ether oxygens (including phenoxy) is 2. The van der Waals surface area contributed by atoms with Gasteiger partial charge in [0.25, 0.3) is 0 Å². The van der Waals surface area contributed by atoms with Crippen LogP contribution in [0.25, 0.3) is 11.3 Å². The van der Waals surface area contributed by atoms with Crippen LogP contribution in [0.3, 0.4) is 0 Å². The number of pyridine rings is 1. The lowest BCUT2D eigenvalue weighted by Crippen LogP contribution is -2.37. The van der Waals surface area contributed by atoms with Crippen molar-refractivity contribution in [2.24, 2.45) is 0 Å². The molecule has 2 N–H and O–H groups in total. The van der Waals surface area contributed by atoms with Gasteiger partial charge in [-0.3, -0.25) is 4.98 Å². The molecule has 1 aliphatic rings. The minimum Gasteiger partial charge on any atom is -0.496 e. The fourth-order valence-corrected chi connectivity index (χ4v) is 3.51. The van der Waals surface area contributed by atoms with Crippen molar-refractivity contribution >= 4 is 23.4 Å². The first-order valence-corrected chi connectivity index (χ1v) is 9.87. The number of nitrogens with one attached hydrogen (secondary N) is 1. The Labute approximate surface area is 179 Å². The Hall–Kier alpha value is -3.72. The lowest BCUT2D eigenvalue weighted by atomic mass is 10.0. The number of carbonyl (C=O) groups is 1. The summed E-state index contributed by atoms with van der Waals surface area (Å²) >= 11 is 0. The zero-order valence-electron chi connectivity index (χ0n) is 17.3. The standard InChI is InChI=1S/C22H23N5O4/c1-14-16(6-3-7-17(14)30-2)19-18(21(28)29)20(24-15-5-4-8-23-13-15)26-22(25-19)27-9-11-31-12-10-27/h3-8,13H,9-12H2,1-2H3,(H,28,29)(H,24,25,26). The van der Waals surface area contributed by atoms with Crippen molar-refractivity contribution in [2.75, 3.05) is 43.6 Å². The molecular formula is C22H23N5O4. The Kier molecular flexibility index (Phi) is 5.94. The van der Waals surface area contributed by atoms with E-state index in [4.69, 9.17) is 14.5 Å². The van der Waals surface area contributed by atoms with Gasteiger partial charge in [0.1, 0.15) is 11.3 Å². The lowest BCUT2D eigenvalue weighted by Gasteiger charge is -2.28. The van der Waals surface area contributed by atoms with Crippen LogP contribution in [-0.2, 0) is 4.74 Å². The molecule has 160 valence electrons. The number of hydrogen-bond donors (Lipinski definition) is 2. The van der Waals surface area contributed by atoms with Crippen LogP contribution in [0.5, 0.6) is 5.75 Å². The average Bonchev–Trinajstić information content (AvgIpc) is 2.80. The molecule has 3 aromatic rings. The summed E-state index contributed by atoms with van der Waals surface area (Å²) in [6.45, 7) is 4.24. The smallest absolute Gasteiger partial charge is 0.341 e. The van der Waals surface area contributed by atoms with Crippen molar-refractivity contribution in [2.45, 2.75) is 6.92 Å². The molecule has 1 saturated heterocycles. The summed E-state index contributed by atoms with van der Waals surface area (Å²) in [5, 5.41) is 13.2. The van der Waals surface area contributed by atoms with Gasteiger partial charge in [-0.05, 0) is 25.1 Å². The number of benzene rings is 1. The molecular weight excluding hydrogens is 398 g/mol. The number of anilines is 3. The number of hydrogen-bond acceptors (Lipinski definition) is 8. The second-order valence-electron chi connectivity index (χ2n) is 7.00. The Balaban J connectivity index is 1.93. The fourth-order valence-electron chi connectivity index (χ4n) is 3.51. The quantitative estimate of drug-likeness (QED) is 0.620. The number of carboxylic acid groups (broad SMARTS) is 1. The minimum atomic E-state index is -1.13. The molecule has 0 amide bonds. The van der Waals surface area contributed by atoms with Crippen molar-refractivity contribution < 1.29 is 19.4 Å². The van der Waals surface area contributed by atoms with Crippen LogP contribution in [0.1, 0.15) is 15.9 Å². The monoisotopic (exact) mass is 421 g/mol. The van der Waals surface area contributed by atoms with Crippen LogP contribution in [0, 0.1) is 6.92 Å². The lowest BCUT2D eigenvalue weighted by molar-refractivity contribution is 0.0698. The van der Waals surface area contributed by atoms with Gasteiger partial charge in [-0.25, -0.2) is 9.78 Å². The summed E-state index contributed by atoms with van der Waals surface area (Å²) < 4.78 is 10.9. The van der Waals surface area contributed by atoms with E-state index < -0.39 is 5.97 Å². The molecule has 0 saturated carbocycles. The highest BCUT2D eigenvalue weighted by molar-refractivity contribution is 6.01. The molecule has 1 fully saturated rings. The SMILES string of the molecule is COc1cccc(-c2nc(N3CCOCC3)nc(Nc3cccnc3)c2C(=O)O)c1C. The van der Waals surface area contributed by atoms with Gasteiger partial charge in [-0.2, -0.15) is 4.98 Å². The van der Waals surface area contributed by atoms with Crippen LogP contribution in [0.4, 0.5) is 17.5 Å². The summed E-state index contributed by atoms with van der Waals surface area (Å²) in [5.41, 5.74) is 2.41. The largest absolute Gasteiger partial charge is 0.496 e. The molecule has 2 aromatic heterocycles. The molecule has 0 spiro atoms. The van der Waals surface area contributed by atoms with E-state index in [0.717, 1.165) is 5.56 Å². The van der Waals surface area contributed by atoms with Crippen molar-refractivity contribution in [1.82, 2.24) is 15.0 Å². The highest BCUT2D eigenvalue weighted by Crippen LogP contribution is 2.35. The molecule has 0 atom stereocenters. The van der Waals surface area contributed by atoms with E-state index in [1.807, 2.05) is 30.0 Å². The maximum Gasteiger partial charge on any atom is 0.341 e. The fraction of sp³-hybridized carbons (Fsp3) is 0.273. The molecule has 0 aliphatic carbocycles. The predicted molar refractivity (Wildman–Crippen MR) is 116 cm³/mol. The summed E-state index contributed by atoms with van der Waals surface area (Å²) in [6.07, 6.45) is 3.26. The third kappa shape index (κ3) is 4.26. The second kappa shape index (κ2) is 8.97. The Bertz CT molecular complexity index is 1080. The zero-order valence-corrected chi connectivity index (χ0v) is 17.3. The van der Waals surface area contributed by atoms with E-state index in [0.29, 0.717) is 54.9 Å². The first kappa shape index (κ1) is 20.5. The van der Waals surface area contributed by atoms with Gasteiger partial charge in [0.05, 0.1) is 37.9 Å². The first-order chi connectivity index (χ1) is 15.1. The summed E-state index contributed by atoms with van der Waals surface area (Å²) in [7, 11) is 1.58. The third-order valence-electron chi connectivity index (χ3n) is 5.09. The molecule has 9 nitrogen and oxygen atoms in total. The molecule has 1 aromatic carbocycles. The van der Waals surface area contributed by atoms with Gasteiger partial charge in [0.2, 0.25) is 5.95 Å². The van der Waals surface area contributed by atoms with E-state index in [1.54, 1.807) is 31.6 Å². The van der Waals surface area contributed by atoms with Gasteiger partial charge in [-0.1, -0.05) is 12.1 Å². The molecule has 3 heterocycles. The normalized spacial score (nSPS) is 13.7. The van der Waals surface area contributed by atoms with Gasteiger partial charge in [0.15, 0.2) is 5.82 Å². The Morgan fingerprint density at radius 1 is 1.19 bits per heavy atom. The average molecular weight is 421 g/mol. The van der Waals surface area contributed by atoms with E-state index in [-0.39, 0.29) is 11.4 Å². The van der Waals surface area contributed by atoms with Crippen LogP contribution >= 0.6 is 0 Å². The first-order valence-electron chi connectivity index (χ1n) is 9.87. The van der Waals surface area contributed by atoms with Gasteiger partial charge < -0.3 is 24.8 Å². The van der Waals surface area contributed by atoms with Gasteiger partial charge in [-0.15, -0.1) is 0 Å². The van der Waals surface area contributed by atoms with Crippen LogP contribution in [0.15, 0.2) is 42.7 Å². The van der Waals surface area contributed by atoms with Crippen molar-refractivity contribution in [3.05, 3.63) is 53.9 Å². The summed E-state index contributed by atoms with van der Waals surface area (Å²) in [4.78, 5) is 27.7. The topological polar surface area (TPSA) is 110 Å². The van der Waals surface area contributed by atoms with Crippen LogP contribution in [0.2, 0.25) is 0 Å². The molecule has 0 radical (unpaired) electrons. The van der Waals surface area contributed by atoms with E-state index in [2.05, 4.69) is 15.3 Å². The summed E-state index contributed by atoms with van der Waals surface area (Å²) in [6, 6.07) is 9.05. The maximum absolute atomic E-state index is 12.4. The van der Waals surface area contributed by atoms with Crippen molar-refractivity contribution in [1.29, 1.82) is 0 Å². The highest BCUT2D eigenvalue weighted by atomic mass is 16.5. The molecule has 0 unspecified atom stereocenters. The highest BCUT2D eigenvalue weighted by Gasteiger charge is 2.26. The second-order valence-corrected chi connectivity index (χ2v) is 7.00. The predicted octanol–water partition coefficient (Wildman–Crippen LogP) is 3.13. The van der Waals surface area contributed by atoms with Crippen molar-refractivity contribution in [3.8, 4) is 17.0 Å². The Morgan fingerprint density at radius 3 is 2.68 bits per heavy atom. The maximum atomic E-state index is 12.4. The number of aromatic nitrogens is 3. The number of nitrogens with zero attached hydrogens (tertiary/aromatic N) is 4. The number of morpholine rings is 1. The zero-order chi connectivity index (χ0) is 21.8. The van der Waals surface area contributed by atoms with E-state index >= 15 is 0 Å². The Morgan fingerprint density at radius 2 is 2.00 bits per heavy atom. The van der Waals surface area contributed by atoms with Crippen LogP contribution < -0.4 is 15.0 Å². The van der Waals surface area contributed by atoms with Crippen LogP contribution in [-0.4, -0.2) is 59.4 Å². The molecule has 4 rings (SSSR count). The number of aromatic carboxylic acids is 1. The summed E-state index contributed by atoms with van der Waals surface area (Å²) in [5.74, 6) is 0.172. The molecule has 31 heavy (non-hydrogen) atoms. The van der Waals surface area contributed by atoms with Gasteiger partial charge >= 0.3 is 5.97 Å². The third-order valence-corrected chi connectivity index (χ3v) is 5.09. The van der Waals surface area contributed by atoms with Gasteiger partial charge in [0, 0.05) is 30.4 Å².